The summed E-state index contributed by atoms with van der Waals surface area (Å²) < 4.78 is 18.2. The van der Waals surface area contributed by atoms with Gasteiger partial charge in [0, 0.05) is 25.3 Å². The van der Waals surface area contributed by atoms with Gasteiger partial charge in [0.2, 0.25) is 5.91 Å². The molecule has 2 aliphatic rings. The molecule has 2 fully saturated rings. The highest BCUT2D eigenvalue weighted by atomic mass is 32.2. The van der Waals surface area contributed by atoms with Gasteiger partial charge in [-0.15, -0.1) is 0 Å². The molecule has 2 aromatic heterocycles. The zero-order valence-corrected chi connectivity index (χ0v) is 21.3. The number of carbonyl (C=O) groups excluding carboxylic acids is 2. The molecule has 2 saturated heterocycles. The molecule has 11 heteroatoms. The fourth-order valence-electron chi connectivity index (χ4n) is 4.50. The van der Waals surface area contributed by atoms with Gasteiger partial charge in [0.15, 0.2) is 5.16 Å². The molecule has 3 aromatic rings. The number of ether oxygens (including phenoxy) is 2. The molecule has 0 saturated carbocycles. The van der Waals surface area contributed by atoms with Crippen molar-refractivity contribution in [1.29, 1.82) is 0 Å². The van der Waals surface area contributed by atoms with Crippen LogP contribution in [0.4, 0.5) is 0 Å². The Morgan fingerprint density at radius 1 is 1.08 bits per heavy atom. The van der Waals surface area contributed by atoms with Crippen LogP contribution in [-0.2, 0) is 27.4 Å². The third kappa shape index (κ3) is 6.41. The highest BCUT2D eigenvalue weighted by Crippen LogP contribution is 2.22. The van der Waals surface area contributed by atoms with E-state index < -0.39 is 0 Å². The zero-order chi connectivity index (χ0) is 25.6. The SMILES string of the molecule is O=C(CSc1nc2cc(C(=O)NC[C@H]3CCCO3)ccc2c(=O)n1C[C@@H]1CCCO1)NCc1ccco1. The number of nitrogens with one attached hydrogen (secondary N) is 2. The molecule has 2 atom stereocenters. The molecular weight excluding hydrogens is 496 g/mol. The Morgan fingerprint density at radius 3 is 2.62 bits per heavy atom. The first kappa shape index (κ1) is 25.5. The van der Waals surface area contributed by atoms with Crippen molar-refractivity contribution in [3.63, 3.8) is 0 Å². The fourth-order valence-corrected chi connectivity index (χ4v) is 5.34. The summed E-state index contributed by atoms with van der Waals surface area (Å²) in [5.41, 5.74) is 0.614. The topological polar surface area (TPSA) is 125 Å². The predicted molar refractivity (Wildman–Crippen MR) is 138 cm³/mol. The van der Waals surface area contributed by atoms with Crippen LogP contribution in [0.2, 0.25) is 0 Å². The van der Waals surface area contributed by atoms with E-state index in [1.54, 1.807) is 41.2 Å². The average Bonchev–Trinajstić information content (AvgIpc) is 3.70. The molecule has 0 aliphatic carbocycles. The molecule has 0 spiro atoms. The lowest BCUT2D eigenvalue weighted by molar-refractivity contribution is -0.118. The van der Waals surface area contributed by atoms with Crippen molar-refractivity contribution in [2.45, 2.75) is 56.1 Å². The van der Waals surface area contributed by atoms with Crippen molar-refractivity contribution in [1.82, 2.24) is 20.2 Å². The highest BCUT2D eigenvalue weighted by Gasteiger charge is 2.22. The number of hydrogen-bond donors (Lipinski definition) is 2. The number of nitrogens with zero attached hydrogens (tertiary/aromatic N) is 2. The predicted octanol–water partition coefficient (Wildman–Crippen LogP) is 2.49. The van der Waals surface area contributed by atoms with E-state index in [1.807, 2.05) is 0 Å². The number of hydrogen-bond acceptors (Lipinski definition) is 8. The normalized spacial score (nSPS) is 19.4. The third-order valence-corrected chi connectivity index (χ3v) is 7.46. The van der Waals surface area contributed by atoms with Gasteiger partial charge in [-0.2, -0.15) is 0 Å². The van der Waals surface area contributed by atoms with Gasteiger partial charge in [-0.05, 0) is 56.0 Å². The summed E-state index contributed by atoms with van der Waals surface area (Å²) >= 11 is 1.18. The second-order valence-electron chi connectivity index (χ2n) is 9.17. The van der Waals surface area contributed by atoms with E-state index >= 15 is 0 Å². The first-order valence-corrected chi connectivity index (χ1v) is 13.5. The van der Waals surface area contributed by atoms with Crippen molar-refractivity contribution < 1.29 is 23.5 Å². The third-order valence-electron chi connectivity index (χ3n) is 6.48. The lowest BCUT2D eigenvalue weighted by Gasteiger charge is -2.17. The average molecular weight is 527 g/mol. The van der Waals surface area contributed by atoms with E-state index in [4.69, 9.17) is 18.9 Å². The molecule has 10 nitrogen and oxygen atoms in total. The molecule has 4 heterocycles. The second kappa shape index (κ2) is 11.9. The van der Waals surface area contributed by atoms with Crippen LogP contribution >= 0.6 is 11.8 Å². The van der Waals surface area contributed by atoms with Gasteiger partial charge in [0.05, 0.1) is 48.2 Å². The first-order chi connectivity index (χ1) is 18.1. The van der Waals surface area contributed by atoms with Gasteiger partial charge in [-0.1, -0.05) is 11.8 Å². The molecule has 2 aliphatic heterocycles. The molecule has 37 heavy (non-hydrogen) atoms. The van der Waals surface area contributed by atoms with Gasteiger partial charge in [-0.3, -0.25) is 19.0 Å². The summed E-state index contributed by atoms with van der Waals surface area (Å²) in [6.45, 7) is 2.48. The van der Waals surface area contributed by atoms with E-state index in [9.17, 15) is 14.4 Å². The standard InChI is InChI=1S/C26H30N4O6S/c31-23(27-13-18-4-1-9-34-18)16-37-26-29-22-12-17(24(32)28-14-19-5-2-10-35-19)7-8-21(22)25(33)30(26)15-20-6-3-11-36-20/h1,4,7-9,12,19-20H,2-3,5-6,10-11,13-16H2,(H,27,31)(H,28,32)/t19-,20+/m1/s1. The first-order valence-electron chi connectivity index (χ1n) is 12.5. The molecule has 1 aromatic carbocycles. The van der Waals surface area contributed by atoms with Gasteiger partial charge in [-0.25, -0.2) is 4.98 Å². The molecule has 5 rings (SSSR count). The summed E-state index contributed by atoms with van der Waals surface area (Å²) in [4.78, 5) is 43.4. The van der Waals surface area contributed by atoms with Gasteiger partial charge in [0.25, 0.3) is 11.5 Å². The minimum Gasteiger partial charge on any atom is -0.467 e. The van der Waals surface area contributed by atoms with Crippen molar-refractivity contribution in [3.8, 4) is 0 Å². The van der Waals surface area contributed by atoms with E-state index in [2.05, 4.69) is 10.6 Å². The van der Waals surface area contributed by atoms with Crippen LogP contribution in [-0.4, -0.2) is 59.1 Å². The van der Waals surface area contributed by atoms with Crippen LogP contribution in [0.5, 0.6) is 0 Å². The number of benzene rings is 1. The quantitative estimate of drug-likeness (QED) is 0.305. The second-order valence-corrected chi connectivity index (χ2v) is 10.1. The number of furan rings is 1. The Balaban J connectivity index is 1.35. The summed E-state index contributed by atoms with van der Waals surface area (Å²) in [6.07, 6.45) is 5.25. The Labute approximate surface area is 218 Å². The van der Waals surface area contributed by atoms with E-state index in [1.165, 1.54) is 11.8 Å². The van der Waals surface area contributed by atoms with Gasteiger partial charge >= 0.3 is 0 Å². The van der Waals surface area contributed by atoms with E-state index in [0.717, 1.165) is 32.3 Å². The van der Waals surface area contributed by atoms with E-state index in [-0.39, 0.29) is 41.9 Å². The Bertz CT molecular complexity index is 1300. The maximum Gasteiger partial charge on any atom is 0.262 e. The summed E-state index contributed by atoms with van der Waals surface area (Å²) in [6, 6.07) is 8.45. The van der Waals surface area contributed by atoms with Crippen molar-refractivity contribution >= 4 is 34.5 Å². The number of carbonyl (C=O) groups is 2. The van der Waals surface area contributed by atoms with Crippen LogP contribution in [0.25, 0.3) is 10.9 Å². The Kier molecular flexibility index (Phi) is 8.22. The zero-order valence-electron chi connectivity index (χ0n) is 20.4. The summed E-state index contributed by atoms with van der Waals surface area (Å²) in [5.74, 6) is 0.282. The van der Waals surface area contributed by atoms with Crippen LogP contribution in [0.3, 0.4) is 0 Å². The Morgan fingerprint density at radius 2 is 1.89 bits per heavy atom. The van der Waals surface area contributed by atoms with Crippen molar-refractivity contribution in [2.24, 2.45) is 0 Å². The van der Waals surface area contributed by atoms with Gasteiger partial charge in [0.1, 0.15) is 5.76 Å². The number of thioether (sulfide) groups is 1. The molecule has 2 amide bonds. The molecule has 196 valence electrons. The molecule has 0 unspecified atom stereocenters. The fraction of sp³-hybridized carbons (Fsp3) is 0.462. The molecule has 2 N–H and O–H groups in total. The maximum atomic E-state index is 13.5. The highest BCUT2D eigenvalue weighted by molar-refractivity contribution is 7.99. The number of aromatic nitrogens is 2. The lowest BCUT2D eigenvalue weighted by Crippen LogP contribution is -2.32. The largest absolute Gasteiger partial charge is 0.467 e. The number of rotatable bonds is 10. The summed E-state index contributed by atoms with van der Waals surface area (Å²) in [7, 11) is 0. The Hall–Kier alpha value is -3.15. The molecule has 0 radical (unpaired) electrons. The van der Waals surface area contributed by atoms with Crippen LogP contribution < -0.4 is 16.2 Å². The van der Waals surface area contributed by atoms with E-state index in [0.29, 0.717) is 47.1 Å². The smallest absolute Gasteiger partial charge is 0.262 e. The number of amides is 2. The lowest BCUT2D eigenvalue weighted by atomic mass is 10.1. The molecular formula is C26H30N4O6S. The summed E-state index contributed by atoms with van der Waals surface area (Å²) in [5, 5.41) is 6.54. The maximum absolute atomic E-state index is 13.5. The van der Waals surface area contributed by atoms with Crippen LogP contribution in [0.15, 0.2) is 51.0 Å². The minimum atomic E-state index is -0.241. The molecule has 0 bridgehead atoms. The minimum absolute atomic E-state index is 0.0366. The van der Waals surface area contributed by atoms with Gasteiger partial charge < -0.3 is 24.5 Å². The van der Waals surface area contributed by atoms with Crippen molar-refractivity contribution in [3.05, 3.63) is 58.3 Å². The monoisotopic (exact) mass is 526 g/mol. The van der Waals surface area contributed by atoms with Crippen LogP contribution in [0, 0.1) is 0 Å². The van der Waals surface area contributed by atoms with Crippen LogP contribution in [0.1, 0.15) is 41.8 Å². The number of fused-ring (bicyclic) bond motifs is 1. The van der Waals surface area contributed by atoms with Crippen molar-refractivity contribution in [2.75, 3.05) is 25.5 Å².